The van der Waals surface area contributed by atoms with E-state index in [4.69, 9.17) is 0 Å². The number of rotatable bonds is 2. The fourth-order valence-corrected chi connectivity index (χ4v) is 4.21. The Balaban J connectivity index is 0.000000160. The molecule has 180 valence electrons. The summed E-state index contributed by atoms with van der Waals surface area (Å²) in [6, 6.07) is 5.91. The van der Waals surface area contributed by atoms with E-state index in [0.717, 1.165) is 75.2 Å². The van der Waals surface area contributed by atoms with Crippen LogP contribution < -0.4 is 15.5 Å². The Labute approximate surface area is 199 Å². The van der Waals surface area contributed by atoms with Gasteiger partial charge in [-0.05, 0) is 63.3 Å². The standard InChI is InChI=1S/C15H14N4O.C6H11NO.C4H7NO/c1-9-6-8-17-14-12(9)18-15(20)11-3-2-7-16-13(11)19(14)10-4-5-10;1-2-7-5-3-4-6(7)8;6-4-2-1-3-5-4/h2-3,6-8,10H,4-5H2,1H3,(H,18,20);2-5H2,1H3;1-3H2,(H,5,6). The van der Waals surface area contributed by atoms with Gasteiger partial charge < -0.3 is 20.4 Å². The maximum Gasteiger partial charge on any atom is 0.259 e. The minimum atomic E-state index is -0.117. The van der Waals surface area contributed by atoms with Gasteiger partial charge in [0.2, 0.25) is 11.8 Å². The SMILES string of the molecule is CCN1CCCC1=O.Cc1ccnc2c1NC(=O)c1cccnc1N2C1CC1.O=C1CCCN1. The average Bonchev–Trinajstić information content (AvgIpc) is 3.43. The summed E-state index contributed by atoms with van der Waals surface area (Å²) in [5.74, 6) is 1.93. The molecule has 1 saturated carbocycles. The predicted octanol–water partition coefficient (Wildman–Crippen LogP) is 3.18. The monoisotopic (exact) mass is 464 g/mol. The average molecular weight is 465 g/mol. The number of nitrogens with zero attached hydrogens (tertiary/aromatic N) is 4. The zero-order valence-corrected chi connectivity index (χ0v) is 19.8. The molecule has 2 aromatic rings. The van der Waals surface area contributed by atoms with Gasteiger partial charge in [0.1, 0.15) is 5.82 Å². The van der Waals surface area contributed by atoms with Crippen molar-refractivity contribution in [2.45, 2.75) is 58.4 Å². The summed E-state index contributed by atoms with van der Waals surface area (Å²) in [6.07, 6.45) is 9.32. The highest BCUT2D eigenvalue weighted by Crippen LogP contribution is 2.43. The maximum atomic E-state index is 12.4. The zero-order chi connectivity index (χ0) is 24.1. The number of likely N-dealkylation sites (tertiary alicyclic amines) is 1. The largest absolute Gasteiger partial charge is 0.356 e. The topological polar surface area (TPSA) is 108 Å². The maximum absolute atomic E-state index is 12.4. The first-order valence-corrected chi connectivity index (χ1v) is 12.0. The van der Waals surface area contributed by atoms with Crippen LogP contribution in [0.15, 0.2) is 30.6 Å². The molecule has 2 aromatic heterocycles. The van der Waals surface area contributed by atoms with Crippen molar-refractivity contribution in [2.75, 3.05) is 29.9 Å². The van der Waals surface area contributed by atoms with Crippen molar-refractivity contribution in [2.24, 2.45) is 0 Å². The Morgan fingerprint density at radius 3 is 2.38 bits per heavy atom. The van der Waals surface area contributed by atoms with Crippen molar-refractivity contribution in [1.82, 2.24) is 20.2 Å². The van der Waals surface area contributed by atoms with Crippen LogP contribution in [0.3, 0.4) is 0 Å². The van der Waals surface area contributed by atoms with Crippen LogP contribution in [-0.2, 0) is 9.59 Å². The number of fused-ring (bicyclic) bond motifs is 2. The van der Waals surface area contributed by atoms with E-state index in [0.29, 0.717) is 23.3 Å². The molecular formula is C25H32N6O3. The number of hydrogen-bond donors (Lipinski definition) is 2. The molecule has 9 nitrogen and oxygen atoms in total. The molecule has 2 N–H and O–H groups in total. The highest BCUT2D eigenvalue weighted by molar-refractivity contribution is 6.11. The minimum Gasteiger partial charge on any atom is -0.356 e. The van der Waals surface area contributed by atoms with Gasteiger partial charge in [0.15, 0.2) is 5.82 Å². The highest BCUT2D eigenvalue weighted by atomic mass is 16.2. The van der Waals surface area contributed by atoms with Crippen LogP contribution in [0.2, 0.25) is 0 Å². The quantitative estimate of drug-likeness (QED) is 0.707. The van der Waals surface area contributed by atoms with E-state index in [9.17, 15) is 14.4 Å². The fraction of sp³-hybridized carbons (Fsp3) is 0.480. The van der Waals surface area contributed by atoms with Gasteiger partial charge in [-0.2, -0.15) is 0 Å². The number of carbonyl (C=O) groups excluding carboxylic acids is 3. The molecule has 0 spiro atoms. The fourth-order valence-electron chi connectivity index (χ4n) is 4.21. The summed E-state index contributed by atoms with van der Waals surface area (Å²) in [4.78, 5) is 46.2. The zero-order valence-electron chi connectivity index (χ0n) is 19.8. The molecule has 3 fully saturated rings. The van der Waals surface area contributed by atoms with Crippen molar-refractivity contribution in [3.8, 4) is 0 Å². The molecular weight excluding hydrogens is 432 g/mol. The summed E-state index contributed by atoms with van der Waals surface area (Å²) >= 11 is 0. The van der Waals surface area contributed by atoms with Gasteiger partial charge in [-0.1, -0.05) is 0 Å². The van der Waals surface area contributed by atoms with E-state index in [2.05, 4.69) is 25.5 Å². The third-order valence-electron chi connectivity index (χ3n) is 6.23. The molecule has 4 aliphatic rings. The lowest BCUT2D eigenvalue weighted by Crippen LogP contribution is -2.23. The molecule has 0 unspecified atom stereocenters. The number of aryl methyl sites for hydroxylation is 1. The van der Waals surface area contributed by atoms with E-state index < -0.39 is 0 Å². The molecule has 0 bridgehead atoms. The number of amides is 3. The summed E-state index contributed by atoms with van der Waals surface area (Å²) in [5, 5.41) is 5.66. The molecule has 0 atom stereocenters. The smallest absolute Gasteiger partial charge is 0.259 e. The van der Waals surface area contributed by atoms with Crippen LogP contribution in [0.4, 0.5) is 17.3 Å². The summed E-state index contributed by atoms with van der Waals surface area (Å²) in [7, 11) is 0. The van der Waals surface area contributed by atoms with Crippen molar-refractivity contribution in [1.29, 1.82) is 0 Å². The molecule has 9 heteroatoms. The van der Waals surface area contributed by atoms with Gasteiger partial charge in [0.25, 0.3) is 5.91 Å². The Bertz CT molecular complexity index is 1060. The molecule has 6 rings (SSSR count). The lowest BCUT2D eigenvalue weighted by molar-refractivity contribution is -0.127. The second kappa shape index (κ2) is 10.6. The lowest BCUT2D eigenvalue weighted by atomic mass is 10.2. The van der Waals surface area contributed by atoms with Gasteiger partial charge in [0, 0.05) is 50.9 Å². The normalized spacial score (nSPS) is 18.5. The summed E-state index contributed by atoms with van der Waals surface area (Å²) in [5.41, 5.74) is 2.42. The number of aromatic nitrogens is 2. The van der Waals surface area contributed by atoms with Gasteiger partial charge in [-0.15, -0.1) is 0 Å². The number of anilines is 3. The lowest BCUT2D eigenvalue weighted by Gasteiger charge is -2.23. The third-order valence-corrected chi connectivity index (χ3v) is 6.23. The summed E-state index contributed by atoms with van der Waals surface area (Å²) < 4.78 is 0. The minimum absolute atomic E-state index is 0.117. The third kappa shape index (κ3) is 5.35. The van der Waals surface area contributed by atoms with E-state index in [-0.39, 0.29) is 11.8 Å². The highest BCUT2D eigenvalue weighted by Gasteiger charge is 2.37. The van der Waals surface area contributed by atoms with Gasteiger partial charge >= 0.3 is 0 Å². The number of carbonyl (C=O) groups is 3. The first-order chi connectivity index (χ1) is 16.5. The van der Waals surface area contributed by atoms with Crippen LogP contribution in [-0.4, -0.2) is 58.3 Å². The van der Waals surface area contributed by atoms with Crippen molar-refractivity contribution in [3.63, 3.8) is 0 Å². The second-order valence-electron chi connectivity index (χ2n) is 8.79. The second-order valence-corrected chi connectivity index (χ2v) is 8.79. The number of nitrogens with one attached hydrogen (secondary N) is 2. The van der Waals surface area contributed by atoms with Crippen LogP contribution >= 0.6 is 0 Å². The molecule has 1 aliphatic carbocycles. The first-order valence-electron chi connectivity index (χ1n) is 12.0. The van der Waals surface area contributed by atoms with E-state index in [1.54, 1.807) is 18.5 Å². The van der Waals surface area contributed by atoms with E-state index in [1.807, 2.05) is 30.9 Å². The molecule has 5 heterocycles. The van der Waals surface area contributed by atoms with E-state index >= 15 is 0 Å². The molecule has 34 heavy (non-hydrogen) atoms. The Hall–Kier alpha value is -3.49. The molecule has 2 saturated heterocycles. The van der Waals surface area contributed by atoms with E-state index in [1.165, 1.54) is 0 Å². The Kier molecular flexibility index (Phi) is 7.40. The van der Waals surface area contributed by atoms with Crippen molar-refractivity contribution < 1.29 is 14.4 Å². The Morgan fingerprint density at radius 1 is 1.03 bits per heavy atom. The molecule has 0 aromatic carbocycles. The van der Waals surface area contributed by atoms with Crippen LogP contribution in [0.5, 0.6) is 0 Å². The van der Waals surface area contributed by atoms with Crippen molar-refractivity contribution in [3.05, 3.63) is 41.7 Å². The summed E-state index contributed by atoms with van der Waals surface area (Å²) in [6.45, 7) is 6.76. The van der Waals surface area contributed by atoms with Crippen LogP contribution in [0.1, 0.15) is 61.4 Å². The van der Waals surface area contributed by atoms with Crippen molar-refractivity contribution >= 4 is 35.0 Å². The van der Waals surface area contributed by atoms with Crippen LogP contribution in [0, 0.1) is 6.92 Å². The van der Waals surface area contributed by atoms with Crippen LogP contribution in [0.25, 0.3) is 0 Å². The van der Waals surface area contributed by atoms with Gasteiger partial charge in [-0.25, -0.2) is 9.97 Å². The molecule has 3 aliphatic heterocycles. The molecule has 3 amide bonds. The number of pyridine rings is 2. The Morgan fingerprint density at radius 2 is 1.82 bits per heavy atom. The van der Waals surface area contributed by atoms with Gasteiger partial charge in [-0.3, -0.25) is 14.4 Å². The molecule has 0 radical (unpaired) electrons. The van der Waals surface area contributed by atoms with Gasteiger partial charge in [0.05, 0.1) is 11.3 Å². The number of hydrogen-bond acceptors (Lipinski definition) is 6. The first kappa shape index (κ1) is 23.7. The predicted molar refractivity (Wildman–Crippen MR) is 130 cm³/mol.